The van der Waals surface area contributed by atoms with Crippen LogP contribution in [-0.2, 0) is 14.6 Å². The van der Waals surface area contributed by atoms with Crippen molar-refractivity contribution < 1.29 is 13.2 Å². The summed E-state index contributed by atoms with van der Waals surface area (Å²) in [6.07, 6.45) is 11.1. The zero-order valence-corrected chi connectivity index (χ0v) is 16.6. The molecule has 0 bridgehead atoms. The van der Waals surface area contributed by atoms with Crippen LogP contribution in [-0.4, -0.2) is 37.1 Å². The largest absolute Gasteiger partial charge is 0.336 e. The van der Waals surface area contributed by atoms with E-state index in [0.717, 1.165) is 56.9 Å². The molecule has 144 valence electrons. The van der Waals surface area contributed by atoms with Gasteiger partial charge in [0.1, 0.15) is 5.75 Å². The SMILES string of the molecule is Cc1ccc(S(=O)(=O)CC(=O)N(C2CCCCC2)C2CCCCC2)cc1. The van der Waals surface area contributed by atoms with Gasteiger partial charge in [-0.2, -0.15) is 0 Å². The Morgan fingerprint density at radius 1 is 0.885 bits per heavy atom. The molecule has 2 aliphatic rings. The van der Waals surface area contributed by atoms with Gasteiger partial charge in [-0.3, -0.25) is 4.79 Å². The van der Waals surface area contributed by atoms with Gasteiger partial charge in [0.05, 0.1) is 4.90 Å². The highest BCUT2D eigenvalue weighted by molar-refractivity contribution is 7.92. The zero-order chi connectivity index (χ0) is 18.6. The molecule has 5 heteroatoms. The van der Waals surface area contributed by atoms with Crippen LogP contribution in [0.3, 0.4) is 0 Å². The highest BCUT2D eigenvalue weighted by Gasteiger charge is 2.34. The van der Waals surface area contributed by atoms with Crippen LogP contribution in [0.2, 0.25) is 0 Å². The number of hydrogen-bond donors (Lipinski definition) is 0. The molecule has 0 aliphatic heterocycles. The van der Waals surface area contributed by atoms with Crippen LogP contribution in [0.1, 0.15) is 69.8 Å². The third kappa shape index (κ3) is 4.67. The van der Waals surface area contributed by atoms with Crippen molar-refractivity contribution in [1.29, 1.82) is 0 Å². The van der Waals surface area contributed by atoms with Crippen molar-refractivity contribution in [2.45, 2.75) is 88.1 Å². The minimum absolute atomic E-state index is 0.190. The molecule has 1 aromatic carbocycles. The molecule has 3 rings (SSSR count). The number of nitrogens with zero attached hydrogens (tertiary/aromatic N) is 1. The number of aryl methyl sites for hydroxylation is 1. The lowest BCUT2D eigenvalue weighted by molar-refractivity contribution is -0.135. The third-order valence-electron chi connectivity index (χ3n) is 5.92. The minimum atomic E-state index is -3.59. The maximum atomic E-state index is 13.1. The molecule has 0 saturated heterocycles. The van der Waals surface area contributed by atoms with Crippen molar-refractivity contribution in [1.82, 2.24) is 4.90 Å². The topological polar surface area (TPSA) is 54.5 Å². The van der Waals surface area contributed by atoms with E-state index in [2.05, 4.69) is 0 Å². The second-order valence-corrected chi connectivity index (χ2v) is 9.95. The average molecular weight is 378 g/mol. The third-order valence-corrected chi connectivity index (χ3v) is 7.54. The van der Waals surface area contributed by atoms with Gasteiger partial charge in [0.15, 0.2) is 9.84 Å². The van der Waals surface area contributed by atoms with Gasteiger partial charge in [0, 0.05) is 12.1 Å². The van der Waals surface area contributed by atoms with Gasteiger partial charge in [-0.05, 0) is 44.7 Å². The molecular weight excluding hydrogens is 346 g/mol. The van der Waals surface area contributed by atoms with Gasteiger partial charge in [0.25, 0.3) is 0 Å². The van der Waals surface area contributed by atoms with E-state index in [4.69, 9.17) is 0 Å². The van der Waals surface area contributed by atoms with Gasteiger partial charge >= 0.3 is 0 Å². The summed E-state index contributed by atoms with van der Waals surface area (Å²) in [5.74, 6) is -0.590. The predicted molar refractivity (Wildman–Crippen MR) is 104 cm³/mol. The standard InChI is InChI=1S/C21H31NO3S/c1-17-12-14-20(15-13-17)26(24,25)16-21(23)22(18-8-4-2-5-9-18)19-10-6-3-7-11-19/h12-15,18-19H,2-11,16H2,1H3. The van der Waals surface area contributed by atoms with Crippen LogP contribution in [0.25, 0.3) is 0 Å². The fourth-order valence-corrected chi connectivity index (χ4v) is 5.68. The summed E-state index contributed by atoms with van der Waals surface area (Å²) in [6, 6.07) is 7.27. The maximum absolute atomic E-state index is 13.1. The molecule has 0 heterocycles. The van der Waals surface area contributed by atoms with Crippen molar-refractivity contribution in [3.8, 4) is 0 Å². The molecule has 2 saturated carbocycles. The average Bonchev–Trinajstić information content (AvgIpc) is 2.63. The molecule has 1 amide bonds. The molecule has 2 fully saturated rings. The summed E-state index contributed by atoms with van der Waals surface area (Å²) in [7, 11) is -3.59. The van der Waals surface area contributed by atoms with Crippen molar-refractivity contribution >= 4 is 15.7 Å². The molecule has 0 aromatic heterocycles. The minimum Gasteiger partial charge on any atom is -0.336 e. The number of sulfone groups is 1. The van der Waals surface area contributed by atoms with Crippen molar-refractivity contribution in [3.05, 3.63) is 29.8 Å². The van der Waals surface area contributed by atoms with Crippen molar-refractivity contribution in [2.24, 2.45) is 0 Å². The highest BCUT2D eigenvalue weighted by atomic mass is 32.2. The van der Waals surface area contributed by atoms with Crippen molar-refractivity contribution in [2.75, 3.05) is 5.75 Å². The van der Waals surface area contributed by atoms with Gasteiger partial charge in [-0.1, -0.05) is 56.2 Å². The van der Waals surface area contributed by atoms with Crippen LogP contribution in [0.4, 0.5) is 0 Å². The monoisotopic (exact) mass is 377 g/mol. The van der Waals surface area contributed by atoms with E-state index in [0.29, 0.717) is 0 Å². The van der Waals surface area contributed by atoms with Crippen LogP contribution in [0, 0.1) is 6.92 Å². The Morgan fingerprint density at radius 3 is 1.81 bits per heavy atom. The molecule has 26 heavy (non-hydrogen) atoms. The maximum Gasteiger partial charge on any atom is 0.238 e. The van der Waals surface area contributed by atoms with E-state index in [1.54, 1.807) is 24.3 Å². The Kier molecular flexibility index (Phi) is 6.38. The molecule has 0 unspecified atom stereocenters. The number of carbonyl (C=O) groups is 1. The Labute approximate surface area is 157 Å². The molecule has 0 spiro atoms. The number of benzene rings is 1. The normalized spacial score (nSPS) is 20.0. The Bertz CT molecular complexity index is 681. The fourth-order valence-electron chi connectivity index (χ4n) is 4.49. The van der Waals surface area contributed by atoms with E-state index in [9.17, 15) is 13.2 Å². The highest BCUT2D eigenvalue weighted by Crippen LogP contribution is 2.30. The zero-order valence-electron chi connectivity index (χ0n) is 15.8. The van der Waals surface area contributed by atoms with Crippen LogP contribution < -0.4 is 0 Å². The Hall–Kier alpha value is -1.36. The van der Waals surface area contributed by atoms with Crippen LogP contribution >= 0.6 is 0 Å². The Balaban J connectivity index is 1.78. The number of amides is 1. The summed E-state index contributed by atoms with van der Waals surface area (Å²) in [5.41, 5.74) is 1.02. The molecule has 1 aromatic rings. The summed E-state index contributed by atoms with van der Waals surface area (Å²) < 4.78 is 25.6. The number of rotatable bonds is 5. The Morgan fingerprint density at radius 2 is 1.35 bits per heavy atom. The summed E-state index contributed by atoms with van der Waals surface area (Å²) in [6.45, 7) is 1.93. The van der Waals surface area contributed by atoms with E-state index in [-0.39, 0.29) is 22.9 Å². The van der Waals surface area contributed by atoms with Crippen molar-refractivity contribution in [3.63, 3.8) is 0 Å². The first-order valence-electron chi connectivity index (χ1n) is 10.1. The summed E-state index contributed by atoms with van der Waals surface area (Å²) in [5, 5.41) is 0. The lowest BCUT2D eigenvalue weighted by Gasteiger charge is -2.41. The van der Waals surface area contributed by atoms with Gasteiger partial charge in [-0.25, -0.2) is 8.42 Å². The van der Waals surface area contributed by atoms with Crippen LogP contribution in [0.15, 0.2) is 29.2 Å². The quantitative estimate of drug-likeness (QED) is 0.770. The predicted octanol–water partition coefficient (Wildman–Crippen LogP) is 4.26. The first-order chi connectivity index (χ1) is 12.5. The molecule has 0 atom stereocenters. The van der Waals surface area contributed by atoms with E-state index in [1.165, 1.54) is 12.8 Å². The first kappa shape index (κ1) is 19.4. The number of carbonyl (C=O) groups excluding carboxylic acids is 1. The van der Waals surface area contributed by atoms with Gasteiger partial charge in [0.2, 0.25) is 5.91 Å². The van der Waals surface area contributed by atoms with Crippen LogP contribution in [0.5, 0.6) is 0 Å². The molecular formula is C21H31NO3S. The lowest BCUT2D eigenvalue weighted by Crippen LogP contribution is -2.50. The summed E-state index contributed by atoms with van der Waals surface area (Å²) in [4.78, 5) is 15.4. The smallest absolute Gasteiger partial charge is 0.238 e. The van der Waals surface area contributed by atoms with E-state index >= 15 is 0 Å². The molecule has 2 aliphatic carbocycles. The second-order valence-electron chi connectivity index (χ2n) is 7.96. The summed E-state index contributed by atoms with van der Waals surface area (Å²) >= 11 is 0. The number of hydrogen-bond acceptors (Lipinski definition) is 3. The van der Waals surface area contributed by atoms with E-state index < -0.39 is 15.6 Å². The lowest BCUT2D eigenvalue weighted by atomic mass is 9.88. The first-order valence-corrected chi connectivity index (χ1v) is 11.7. The molecule has 0 N–H and O–H groups in total. The molecule has 4 nitrogen and oxygen atoms in total. The fraction of sp³-hybridized carbons (Fsp3) is 0.667. The van der Waals surface area contributed by atoms with Gasteiger partial charge in [-0.15, -0.1) is 0 Å². The van der Waals surface area contributed by atoms with E-state index in [1.807, 2.05) is 11.8 Å². The van der Waals surface area contributed by atoms with Gasteiger partial charge < -0.3 is 4.90 Å². The second kappa shape index (κ2) is 8.55. The molecule has 0 radical (unpaired) electrons.